The van der Waals surface area contributed by atoms with E-state index >= 15 is 0 Å². The van der Waals surface area contributed by atoms with Crippen LogP contribution in [0.2, 0.25) is 0 Å². The molecule has 1 fully saturated rings. The van der Waals surface area contributed by atoms with E-state index in [-0.39, 0.29) is 11.3 Å². The predicted molar refractivity (Wildman–Crippen MR) is 71.5 cm³/mol. The standard InChI is InChI=1S/C12H26N2O2S/c1-10(2)5-4-6-11(3)14-17(15,16)12-7-8-13-9-12/h10-14H,4-9H2,1-3H3. The lowest BCUT2D eigenvalue weighted by Gasteiger charge is -2.17. The Morgan fingerprint density at radius 3 is 2.53 bits per heavy atom. The van der Waals surface area contributed by atoms with Crippen molar-refractivity contribution < 1.29 is 8.42 Å². The van der Waals surface area contributed by atoms with Crippen molar-refractivity contribution in [3.63, 3.8) is 0 Å². The summed E-state index contributed by atoms with van der Waals surface area (Å²) in [5.74, 6) is 0.692. The Morgan fingerprint density at radius 1 is 1.29 bits per heavy atom. The quantitative estimate of drug-likeness (QED) is 0.731. The first-order valence-electron chi connectivity index (χ1n) is 6.63. The van der Waals surface area contributed by atoms with Gasteiger partial charge in [-0.15, -0.1) is 0 Å². The van der Waals surface area contributed by atoms with Gasteiger partial charge in [-0.2, -0.15) is 0 Å². The summed E-state index contributed by atoms with van der Waals surface area (Å²) in [6.45, 7) is 7.75. The van der Waals surface area contributed by atoms with Crippen LogP contribution in [0.3, 0.4) is 0 Å². The summed E-state index contributed by atoms with van der Waals surface area (Å²) < 4.78 is 26.8. The molecule has 2 unspecified atom stereocenters. The van der Waals surface area contributed by atoms with E-state index in [0.717, 1.165) is 32.2 Å². The van der Waals surface area contributed by atoms with Gasteiger partial charge in [0.25, 0.3) is 0 Å². The van der Waals surface area contributed by atoms with Gasteiger partial charge < -0.3 is 5.32 Å². The Morgan fingerprint density at radius 2 is 2.00 bits per heavy atom. The number of nitrogens with one attached hydrogen (secondary N) is 2. The van der Waals surface area contributed by atoms with Crippen LogP contribution in [0.1, 0.15) is 46.5 Å². The fraction of sp³-hybridized carbons (Fsp3) is 1.00. The van der Waals surface area contributed by atoms with Crippen LogP contribution in [0.25, 0.3) is 0 Å². The van der Waals surface area contributed by atoms with Crippen molar-refractivity contribution in [3.8, 4) is 0 Å². The SMILES string of the molecule is CC(C)CCCC(C)NS(=O)(=O)C1CCNC1. The van der Waals surface area contributed by atoms with Gasteiger partial charge in [-0.3, -0.25) is 0 Å². The monoisotopic (exact) mass is 262 g/mol. The molecule has 4 nitrogen and oxygen atoms in total. The third kappa shape index (κ3) is 5.36. The van der Waals surface area contributed by atoms with Crippen molar-refractivity contribution in [2.75, 3.05) is 13.1 Å². The molecule has 0 amide bonds. The fourth-order valence-corrected chi connectivity index (χ4v) is 3.80. The topological polar surface area (TPSA) is 58.2 Å². The minimum Gasteiger partial charge on any atom is -0.315 e. The lowest BCUT2D eigenvalue weighted by molar-refractivity contribution is 0.485. The number of rotatable bonds is 7. The molecule has 0 aromatic heterocycles. The maximum atomic E-state index is 12.0. The Labute approximate surface area is 106 Å². The fourth-order valence-electron chi connectivity index (χ4n) is 2.16. The van der Waals surface area contributed by atoms with E-state index in [1.165, 1.54) is 0 Å². The normalized spacial score (nSPS) is 23.2. The van der Waals surface area contributed by atoms with Crippen molar-refractivity contribution in [2.45, 2.75) is 57.7 Å². The van der Waals surface area contributed by atoms with Crippen molar-refractivity contribution in [2.24, 2.45) is 5.92 Å². The highest BCUT2D eigenvalue weighted by molar-refractivity contribution is 7.90. The number of hydrogen-bond donors (Lipinski definition) is 2. The molecule has 1 rings (SSSR count). The third-order valence-electron chi connectivity index (χ3n) is 3.24. The molecular weight excluding hydrogens is 236 g/mol. The summed E-state index contributed by atoms with van der Waals surface area (Å²) in [5, 5.41) is 2.85. The van der Waals surface area contributed by atoms with Crippen LogP contribution in [-0.4, -0.2) is 32.8 Å². The third-order valence-corrected chi connectivity index (χ3v) is 5.25. The molecule has 1 heterocycles. The Bertz CT molecular complexity index is 308. The summed E-state index contributed by atoms with van der Waals surface area (Å²) >= 11 is 0. The van der Waals surface area contributed by atoms with Crippen LogP contribution in [-0.2, 0) is 10.0 Å². The molecule has 0 radical (unpaired) electrons. The smallest absolute Gasteiger partial charge is 0.216 e. The van der Waals surface area contributed by atoms with Gasteiger partial charge in [0.1, 0.15) is 0 Å². The molecule has 2 atom stereocenters. The van der Waals surface area contributed by atoms with Gasteiger partial charge >= 0.3 is 0 Å². The molecule has 0 spiro atoms. The van der Waals surface area contributed by atoms with E-state index < -0.39 is 10.0 Å². The second-order valence-corrected chi connectivity index (χ2v) is 7.50. The molecule has 1 saturated heterocycles. The van der Waals surface area contributed by atoms with Crippen molar-refractivity contribution in [1.29, 1.82) is 0 Å². The zero-order chi connectivity index (χ0) is 12.9. The maximum Gasteiger partial charge on any atom is 0.216 e. The van der Waals surface area contributed by atoms with Gasteiger partial charge in [-0.1, -0.05) is 26.7 Å². The van der Waals surface area contributed by atoms with Crippen molar-refractivity contribution >= 4 is 10.0 Å². The first kappa shape index (κ1) is 14.9. The minimum absolute atomic E-state index is 0.0550. The van der Waals surface area contributed by atoms with Gasteiger partial charge in [0.05, 0.1) is 5.25 Å². The van der Waals surface area contributed by atoms with E-state index in [2.05, 4.69) is 23.9 Å². The average Bonchev–Trinajstić information content (AvgIpc) is 2.68. The lowest BCUT2D eigenvalue weighted by Crippen LogP contribution is -2.40. The molecule has 0 aliphatic carbocycles. The zero-order valence-electron chi connectivity index (χ0n) is 11.2. The van der Waals surface area contributed by atoms with Crippen LogP contribution >= 0.6 is 0 Å². The van der Waals surface area contributed by atoms with Crippen molar-refractivity contribution in [1.82, 2.24) is 10.0 Å². The molecule has 0 bridgehead atoms. The maximum absolute atomic E-state index is 12.0. The molecule has 1 aliphatic rings. The molecule has 17 heavy (non-hydrogen) atoms. The second-order valence-electron chi connectivity index (χ2n) is 5.50. The van der Waals surface area contributed by atoms with Crippen LogP contribution < -0.4 is 10.0 Å². The van der Waals surface area contributed by atoms with Crippen LogP contribution in [0.4, 0.5) is 0 Å². The van der Waals surface area contributed by atoms with Gasteiger partial charge in [0, 0.05) is 12.6 Å². The van der Waals surface area contributed by atoms with Crippen LogP contribution in [0.15, 0.2) is 0 Å². The van der Waals surface area contributed by atoms with E-state index in [0.29, 0.717) is 12.5 Å². The van der Waals surface area contributed by atoms with Crippen LogP contribution in [0.5, 0.6) is 0 Å². The Hall–Kier alpha value is -0.130. The minimum atomic E-state index is -3.12. The molecule has 0 aromatic carbocycles. The van der Waals surface area contributed by atoms with Crippen LogP contribution in [0, 0.1) is 5.92 Å². The Kier molecular flexibility index (Phi) is 5.89. The molecule has 5 heteroatoms. The molecule has 0 saturated carbocycles. The number of sulfonamides is 1. The van der Waals surface area contributed by atoms with E-state index in [4.69, 9.17) is 0 Å². The molecule has 0 aromatic rings. The second kappa shape index (κ2) is 6.71. The first-order chi connectivity index (χ1) is 7.92. The van der Waals surface area contributed by atoms with Crippen molar-refractivity contribution in [3.05, 3.63) is 0 Å². The van der Waals surface area contributed by atoms with E-state index in [1.54, 1.807) is 0 Å². The highest BCUT2D eigenvalue weighted by Gasteiger charge is 2.29. The van der Waals surface area contributed by atoms with E-state index in [1.807, 2.05) is 6.92 Å². The van der Waals surface area contributed by atoms with Gasteiger partial charge in [0.2, 0.25) is 10.0 Å². The largest absolute Gasteiger partial charge is 0.315 e. The summed E-state index contributed by atoms with van der Waals surface area (Å²) in [6, 6.07) is 0.0550. The highest BCUT2D eigenvalue weighted by Crippen LogP contribution is 2.12. The van der Waals surface area contributed by atoms with Gasteiger partial charge in [0.15, 0.2) is 0 Å². The molecular formula is C12H26N2O2S. The van der Waals surface area contributed by atoms with Gasteiger partial charge in [-0.25, -0.2) is 13.1 Å². The lowest BCUT2D eigenvalue weighted by atomic mass is 10.0. The average molecular weight is 262 g/mol. The molecule has 102 valence electrons. The summed E-state index contributed by atoms with van der Waals surface area (Å²) in [5.41, 5.74) is 0. The highest BCUT2D eigenvalue weighted by atomic mass is 32.2. The first-order valence-corrected chi connectivity index (χ1v) is 8.18. The molecule has 2 N–H and O–H groups in total. The summed E-state index contributed by atoms with van der Waals surface area (Å²) in [4.78, 5) is 0. The Balaban J connectivity index is 2.31. The van der Waals surface area contributed by atoms with E-state index in [9.17, 15) is 8.42 Å². The summed E-state index contributed by atoms with van der Waals surface area (Å²) in [6.07, 6.45) is 3.91. The predicted octanol–water partition coefficient (Wildman–Crippen LogP) is 1.48. The number of hydrogen-bond acceptors (Lipinski definition) is 3. The zero-order valence-corrected chi connectivity index (χ0v) is 12.0. The van der Waals surface area contributed by atoms with Gasteiger partial charge in [-0.05, 0) is 32.2 Å². The summed E-state index contributed by atoms with van der Waals surface area (Å²) in [7, 11) is -3.12. The molecule has 1 aliphatic heterocycles.